The van der Waals surface area contributed by atoms with Crippen LogP contribution in [0.25, 0.3) is 0 Å². The fraction of sp³-hybridized carbons (Fsp3) is 0.586. The van der Waals surface area contributed by atoms with Crippen molar-refractivity contribution < 1.29 is 37.1 Å². The molecular formula is C29H42N2O8S. The van der Waals surface area contributed by atoms with Gasteiger partial charge in [0.1, 0.15) is 29.7 Å². The van der Waals surface area contributed by atoms with Crippen LogP contribution in [0.15, 0.2) is 42.1 Å². The largest absolute Gasteiger partial charge is 0.459 e. The Morgan fingerprint density at radius 3 is 2.23 bits per heavy atom. The van der Waals surface area contributed by atoms with Gasteiger partial charge in [0.05, 0.1) is 5.75 Å². The molecule has 0 radical (unpaired) electrons. The molecule has 1 aliphatic heterocycles. The van der Waals surface area contributed by atoms with Crippen LogP contribution in [-0.2, 0) is 45.1 Å². The van der Waals surface area contributed by atoms with Crippen molar-refractivity contribution >= 4 is 33.6 Å². The van der Waals surface area contributed by atoms with E-state index in [-0.39, 0.29) is 18.8 Å². The van der Waals surface area contributed by atoms with Gasteiger partial charge in [-0.2, -0.15) is 0 Å². The van der Waals surface area contributed by atoms with Gasteiger partial charge in [-0.25, -0.2) is 13.2 Å². The zero-order chi connectivity index (χ0) is 29.9. The number of rotatable bonds is 14. The van der Waals surface area contributed by atoms with E-state index in [0.717, 1.165) is 23.3 Å². The summed E-state index contributed by atoms with van der Waals surface area (Å²) in [7, 11) is -4.18. The first-order valence-corrected chi connectivity index (χ1v) is 15.5. The predicted octanol–water partition coefficient (Wildman–Crippen LogP) is 3.30. The fourth-order valence-corrected chi connectivity index (χ4v) is 5.67. The molecule has 222 valence electrons. The standard InChI is InChI=1S/C29H42N2O8S/c1-6-12-22(13-7-2)26(33)30-23(19-40(36,37)20-25(32)39-29(3,4)5)27(34)31-17-11-16-24(31)28(35)38-18-21-14-9-8-10-15-21/h8-10,14-16,22-23H,6-7,11-13,17-20H2,1-5H3,(H,30,33). The van der Waals surface area contributed by atoms with E-state index in [1.54, 1.807) is 39.0 Å². The van der Waals surface area contributed by atoms with E-state index >= 15 is 0 Å². The lowest BCUT2D eigenvalue weighted by Crippen LogP contribution is -2.53. The first-order valence-electron chi connectivity index (χ1n) is 13.7. The molecule has 0 aromatic heterocycles. The van der Waals surface area contributed by atoms with E-state index in [0.29, 0.717) is 19.3 Å². The number of ether oxygens (including phenoxy) is 2. The van der Waals surface area contributed by atoms with E-state index < -0.39 is 62.7 Å². The second-order valence-electron chi connectivity index (χ2n) is 10.9. The van der Waals surface area contributed by atoms with Crippen molar-refractivity contribution in [3.05, 3.63) is 47.7 Å². The summed E-state index contributed by atoms with van der Waals surface area (Å²) >= 11 is 0. The Bertz CT molecular complexity index is 1170. The van der Waals surface area contributed by atoms with Gasteiger partial charge in [-0.1, -0.05) is 63.1 Å². The molecule has 0 saturated heterocycles. The molecule has 0 saturated carbocycles. The molecule has 2 amide bonds. The average Bonchev–Trinajstić information content (AvgIpc) is 3.35. The van der Waals surface area contributed by atoms with Crippen LogP contribution in [0.3, 0.4) is 0 Å². The highest BCUT2D eigenvalue weighted by molar-refractivity contribution is 7.92. The number of hydrogen-bond acceptors (Lipinski definition) is 8. The van der Waals surface area contributed by atoms with E-state index in [4.69, 9.17) is 9.47 Å². The molecule has 1 heterocycles. The average molecular weight is 579 g/mol. The van der Waals surface area contributed by atoms with E-state index in [9.17, 15) is 27.6 Å². The second-order valence-corrected chi connectivity index (χ2v) is 13.0. The van der Waals surface area contributed by atoms with Crippen LogP contribution in [0.5, 0.6) is 0 Å². The van der Waals surface area contributed by atoms with Gasteiger partial charge < -0.3 is 19.7 Å². The van der Waals surface area contributed by atoms with Crippen molar-refractivity contribution in [1.82, 2.24) is 10.2 Å². The lowest BCUT2D eigenvalue weighted by atomic mass is 9.97. The van der Waals surface area contributed by atoms with E-state index in [2.05, 4.69) is 5.32 Å². The Morgan fingerprint density at radius 1 is 1.02 bits per heavy atom. The maximum absolute atomic E-state index is 13.7. The number of sulfone groups is 1. The summed E-state index contributed by atoms with van der Waals surface area (Å²) in [5.74, 6) is -5.04. The Hall–Kier alpha value is -3.21. The quantitative estimate of drug-likeness (QED) is 0.332. The van der Waals surface area contributed by atoms with Crippen LogP contribution in [0.4, 0.5) is 0 Å². The number of esters is 2. The predicted molar refractivity (Wildman–Crippen MR) is 150 cm³/mol. The Labute approximate surface area is 237 Å². The van der Waals surface area contributed by atoms with Gasteiger partial charge in [0.2, 0.25) is 5.91 Å². The Kier molecular flexibility index (Phi) is 12.4. The normalized spacial score (nSPS) is 14.4. The summed E-state index contributed by atoms with van der Waals surface area (Å²) in [6, 6.07) is 7.54. The monoisotopic (exact) mass is 578 g/mol. The van der Waals surface area contributed by atoms with Crippen LogP contribution in [0, 0.1) is 5.92 Å². The van der Waals surface area contributed by atoms with Crippen molar-refractivity contribution in [3.63, 3.8) is 0 Å². The minimum Gasteiger partial charge on any atom is -0.459 e. The van der Waals surface area contributed by atoms with Gasteiger partial charge in [0.15, 0.2) is 9.84 Å². The number of carbonyl (C=O) groups is 4. The lowest BCUT2D eigenvalue weighted by Gasteiger charge is -2.27. The van der Waals surface area contributed by atoms with Crippen molar-refractivity contribution in [2.75, 3.05) is 18.1 Å². The number of amides is 2. The topological polar surface area (TPSA) is 136 Å². The van der Waals surface area contributed by atoms with Crippen LogP contribution >= 0.6 is 0 Å². The van der Waals surface area contributed by atoms with Crippen molar-refractivity contribution in [2.45, 2.75) is 85.0 Å². The third kappa shape index (κ3) is 10.7. The smallest absolute Gasteiger partial charge is 0.355 e. The minimum atomic E-state index is -4.18. The molecule has 1 N–H and O–H groups in total. The minimum absolute atomic E-state index is 0.000802. The van der Waals surface area contributed by atoms with Gasteiger partial charge in [-0.3, -0.25) is 14.4 Å². The van der Waals surface area contributed by atoms with E-state index in [1.165, 1.54) is 0 Å². The molecule has 0 aliphatic carbocycles. The molecule has 1 unspecified atom stereocenters. The summed E-state index contributed by atoms with van der Waals surface area (Å²) in [6.45, 7) is 8.84. The highest BCUT2D eigenvalue weighted by Gasteiger charge is 2.37. The molecule has 0 bridgehead atoms. The number of hydrogen-bond donors (Lipinski definition) is 1. The maximum Gasteiger partial charge on any atom is 0.355 e. The number of benzene rings is 1. The summed E-state index contributed by atoms with van der Waals surface area (Å²) in [6.07, 6.45) is 4.54. The zero-order valence-electron chi connectivity index (χ0n) is 24.1. The van der Waals surface area contributed by atoms with Gasteiger partial charge in [0.25, 0.3) is 5.91 Å². The summed E-state index contributed by atoms with van der Waals surface area (Å²) < 4.78 is 36.5. The van der Waals surface area contributed by atoms with Crippen LogP contribution in [-0.4, -0.2) is 66.8 Å². The molecular weight excluding hydrogens is 536 g/mol. The van der Waals surface area contributed by atoms with Crippen molar-refractivity contribution in [2.24, 2.45) is 5.92 Å². The molecule has 40 heavy (non-hydrogen) atoms. The summed E-state index contributed by atoms with van der Waals surface area (Å²) in [5, 5.41) is 2.62. The second kappa shape index (κ2) is 15.0. The highest BCUT2D eigenvalue weighted by Crippen LogP contribution is 2.21. The van der Waals surface area contributed by atoms with Gasteiger partial charge >= 0.3 is 11.9 Å². The third-order valence-corrected chi connectivity index (χ3v) is 7.62. The van der Waals surface area contributed by atoms with Crippen LogP contribution < -0.4 is 5.32 Å². The Morgan fingerprint density at radius 2 is 1.65 bits per heavy atom. The van der Waals surface area contributed by atoms with Gasteiger partial charge in [-0.05, 0) is 45.6 Å². The highest BCUT2D eigenvalue weighted by atomic mass is 32.2. The number of carbonyl (C=O) groups excluding carboxylic acids is 4. The molecule has 11 heteroatoms. The van der Waals surface area contributed by atoms with Crippen molar-refractivity contribution in [3.8, 4) is 0 Å². The molecule has 10 nitrogen and oxygen atoms in total. The third-order valence-electron chi connectivity index (χ3n) is 6.11. The molecule has 1 aromatic rings. The van der Waals surface area contributed by atoms with Gasteiger partial charge in [0, 0.05) is 12.5 Å². The first-order chi connectivity index (χ1) is 18.8. The van der Waals surface area contributed by atoms with Crippen LogP contribution in [0.2, 0.25) is 0 Å². The zero-order valence-corrected chi connectivity index (χ0v) is 24.9. The molecule has 1 atom stereocenters. The molecule has 0 fully saturated rings. The summed E-state index contributed by atoms with van der Waals surface area (Å²) in [4.78, 5) is 53.1. The first kappa shape index (κ1) is 33.0. The Balaban J connectivity index is 2.25. The molecule has 0 spiro atoms. The summed E-state index contributed by atoms with van der Waals surface area (Å²) in [5.41, 5.74) is -0.133. The molecule has 2 rings (SSSR count). The van der Waals surface area contributed by atoms with Gasteiger partial charge in [-0.15, -0.1) is 0 Å². The SMILES string of the molecule is CCCC(CCC)C(=O)NC(CS(=O)(=O)CC(=O)OC(C)(C)C)C(=O)N1CCC=C1C(=O)OCc1ccccc1. The lowest BCUT2D eigenvalue weighted by molar-refractivity contribution is -0.151. The fourth-order valence-electron chi connectivity index (χ4n) is 4.40. The van der Waals surface area contributed by atoms with E-state index in [1.807, 2.05) is 32.0 Å². The molecule has 1 aromatic carbocycles. The number of nitrogens with one attached hydrogen (secondary N) is 1. The van der Waals surface area contributed by atoms with Crippen LogP contribution in [0.1, 0.15) is 72.3 Å². The maximum atomic E-state index is 13.7. The molecule has 1 aliphatic rings. The van der Waals surface area contributed by atoms with Crippen molar-refractivity contribution in [1.29, 1.82) is 0 Å². The number of nitrogens with zero attached hydrogens (tertiary/aromatic N) is 1.